The summed E-state index contributed by atoms with van der Waals surface area (Å²) in [5.74, 6) is 1.42. The fourth-order valence-corrected chi connectivity index (χ4v) is 3.92. The Morgan fingerprint density at radius 3 is 2.50 bits per heavy atom. The van der Waals surface area contributed by atoms with Gasteiger partial charge in [0.25, 0.3) is 0 Å². The van der Waals surface area contributed by atoms with Crippen molar-refractivity contribution in [1.82, 2.24) is 4.90 Å². The average Bonchev–Trinajstić information content (AvgIpc) is 2.60. The summed E-state index contributed by atoms with van der Waals surface area (Å²) in [5.41, 5.74) is 3.17. The summed E-state index contributed by atoms with van der Waals surface area (Å²) in [6.45, 7) is 0.884. The maximum atomic E-state index is 11.1. The molecule has 0 aromatic heterocycles. The van der Waals surface area contributed by atoms with Crippen LogP contribution in [0.3, 0.4) is 0 Å². The molecule has 5 heteroatoms. The van der Waals surface area contributed by atoms with Crippen LogP contribution in [-0.2, 0) is 6.42 Å². The van der Waals surface area contributed by atoms with Crippen molar-refractivity contribution >= 4 is 15.9 Å². The Kier molecular flexibility index (Phi) is 5.13. The summed E-state index contributed by atoms with van der Waals surface area (Å²) in [6.07, 6.45) is 0.286. The molecule has 2 aromatic carbocycles. The number of fused-ring (bicyclic) bond motifs is 1. The fraction of sp³-hybridized carbons (Fsp3) is 0.368. The van der Waals surface area contributed by atoms with Gasteiger partial charge in [-0.25, -0.2) is 0 Å². The van der Waals surface area contributed by atoms with Gasteiger partial charge in [0.1, 0.15) is 0 Å². The summed E-state index contributed by atoms with van der Waals surface area (Å²) in [5, 5.41) is 11.1. The van der Waals surface area contributed by atoms with Crippen LogP contribution in [0.15, 0.2) is 40.9 Å². The molecule has 0 fully saturated rings. The van der Waals surface area contributed by atoms with Gasteiger partial charge in [-0.1, -0.05) is 34.1 Å². The minimum Gasteiger partial charge on any atom is -0.493 e. The Balaban J connectivity index is 2.08. The number of halogens is 1. The molecule has 1 heterocycles. The molecule has 2 atom stereocenters. The number of benzene rings is 2. The van der Waals surface area contributed by atoms with Gasteiger partial charge >= 0.3 is 0 Å². The molecule has 4 nitrogen and oxygen atoms in total. The van der Waals surface area contributed by atoms with Crippen LogP contribution in [0.25, 0.3) is 0 Å². The van der Waals surface area contributed by atoms with E-state index in [0.29, 0.717) is 5.75 Å². The Morgan fingerprint density at radius 1 is 1.17 bits per heavy atom. The molecule has 0 amide bonds. The number of hydrogen-bond donors (Lipinski definition) is 1. The number of methoxy groups -OCH3 is 2. The standard InChI is InChI=1S/C19H22BrNO3/c1-21-9-8-12-10-16(23-2)17(24-3)11-14(12)18(21)19(22)13-6-4-5-7-15(13)20/h4-7,10-11,18-19,22H,8-9H2,1-3H3. The van der Waals surface area contributed by atoms with Crippen LogP contribution in [0.2, 0.25) is 0 Å². The summed E-state index contributed by atoms with van der Waals surface area (Å²) in [4.78, 5) is 2.19. The zero-order valence-corrected chi connectivity index (χ0v) is 15.7. The van der Waals surface area contributed by atoms with Crippen LogP contribution in [-0.4, -0.2) is 37.8 Å². The van der Waals surface area contributed by atoms with E-state index in [2.05, 4.69) is 20.8 Å². The van der Waals surface area contributed by atoms with Crippen molar-refractivity contribution in [2.45, 2.75) is 18.6 Å². The van der Waals surface area contributed by atoms with Crippen molar-refractivity contribution in [2.75, 3.05) is 27.8 Å². The average molecular weight is 392 g/mol. The van der Waals surface area contributed by atoms with Crippen molar-refractivity contribution < 1.29 is 14.6 Å². The van der Waals surface area contributed by atoms with Gasteiger partial charge in [-0.15, -0.1) is 0 Å². The van der Waals surface area contributed by atoms with Crippen molar-refractivity contribution in [1.29, 1.82) is 0 Å². The lowest BCUT2D eigenvalue weighted by Gasteiger charge is -2.38. The van der Waals surface area contributed by atoms with E-state index in [9.17, 15) is 5.11 Å². The molecule has 0 saturated carbocycles. The lowest BCUT2D eigenvalue weighted by Crippen LogP contribution is -2.36. The van der Waals surface area contributed by atoms with E-state index >= 15 is 0 Å². The fourth-order valence-electron chi connectivity index (χ4n) is 3.40. The highest BCUT2D eigenvalue weighted by atomic mass is 79.9. The zero-order chi connectivity index (χ0) is 17.3. The second-order valence-electron chi connectivity index (χ2n) is 6.05. The highest BCUT2D eigenvalue weighted by molar-refractivity contribution is 9.10. The van der Waals surface area contributed by atoms with Gasteiger partial charge in [0.15, 0.2) is 11.5 Å². The molecule has 1 aliphatic rings. The molecule has 2 aromatic rings. The van der Waals surface area contributed by atoms with Crippen LogP contribution in [0, 0.1) is 0 Å². The number of ether oxygens (including phenoxy) is 2. The molecule has 0 saturated heterocycles. The largest absolute Gasteiger partial charge is 0.493 e. The molecule has 1 aliphatic heterocycles. The van der Waals surface area contributed by atoms with E-state index < -0.39 is 6.10 Å². The predicted octanol–water partition coefficient (Wildman–Crippen LogP) is 3.73. The van der Waals surface area contributed by atoms with Gasteiger partial charge in [0, 0.05) is 11.0 Å². The smallest absolute Gasteiger partial charge is 0.161 e. The van der Waals surface area contributed by atoms with Crippen LogP contribution >= 0.6 is 15.9 Å². The normalized spacial score (nSPS) is 18.8. The molecule has 0 aliphatic carbocycles. The third kappa shape index (κ3) is 3.04. The topological polar surface area (TPSA) is 41.9 Å². The molecule has 0 bridgehead atoms. The van der Waals surface area contributed by atoms with Gasteiger partial charge in [-0.05, 0) is 48.4 Å². The first-order valence-corrected chi connectivity index (χ1v) is 8.73. The van der Waals surface area contributed by atoms with E-state index in [1.54, 1.807) is 14.2 Å². The van der Waals surface area contributed by atoms with Crippen molar-refractivity contribution in [2.24, 2.45) is 0 Å². The summed E-state index contributed by atoms with van der Waals surface area (Å²) in [6, 6.07) is 11.7. The van der Waals surface area contributed by atoms with Crippen molar-refractivity contribution in [3.8, 4) is 11.5 Å². The molecular formula is C19H22BrNO3. The van der Waals surface area contributed by atoms with Crippen LogP contribution < -0.4 is 9.47 Å². The van der Waals surface area contributed by atoms with E-state index in [0.717, 1.165) is 34.3 Å². The number of nitrogens with zero attached hydrogens (tertiary/aromatic N) is 1. The minimum atomic E-state index is -0.636. The lowest BCUT2D eigenvalue weighted by atomic mass is 9.87. The van der Waals surface area contributed by atoms with E-state index in [-0.39, 0.29) is 6.04 Å². The molecular weight excluding hydrogens is 370 g/mol. The second-order valence-corrected chi connectivity index (χ2v) is 6.90. The van der Waals surface area contributed by atoms with Crippen LogP contribution in [0.1, 0.15) is 28.8 Å². The van der Waals surface area contributed by atoms with Gasteiger partial charge in [-0.3, -0.25) is 4.90 Å². The molecule has 1 N–H and O–H groups in total. The Labute approximate surface area is 151 Å². The molecule has 24 heavy (non-hydrogen) atoms. The Morgan fingerprint density at radius 2 is 1.83 bits per heavy atom. The number of aliphatic hydroxyl groups is 1. The van der Waals surface area contributed by atoms with Gasteiger partial charge in [-0.2, -0.15) is 0 Å². The summed E-state index contributed by atoms with van der Waals surface area (Å²) >= 11 is 3.55. The third-order valence-corrected chi connectivity index (χ3v) is 5.42. The van der Waals surface area contributed by atoms with Crippen molar-refractivity contribution in [3.05, 3.63) is 57.6 Å². The molecule has 128 valence electrons. The maximum Gasteiger partial charge on any atom is 0.161 e. The van der Waals surface area contributed by atoms with E-state index in [1.165, 1.54) is 5.56 Å². The predicted molar refractivity (Wildman–Crippen MR) is 97.7 cm³/mol. The first-order chi connectivity index (χ1) is 11.6. The Bertz CT molecular complexity index is 735. The molecule has 0 spiro atoms. The van der Waals surface area contributed by atoms with E-state index in [4.69, 9.17) is 9.47 Å². The molecule has 0 radical (unpaired) electrons. The summed E-state index contributed by atoms with van der Waals surface area (Å²) in [7, 11) is 5.33. The molecule has 3 rings (SSSR count). The number of likely N-dealkylation sites (N-methyl/N-ethyl adjacent to an activating group) is 1. The van der Waals surface area contributed by atoms with Gasteiger partial charge in [0.2, 0.25) is 0 Å². The van der Waals surface area contributed by atoms with Gasteiger partial charge in [0.05, 0.1) is 26.4 Å². The van der Waals surface area contributed by atoms with Crippen LogP contribution in [0.5, 0.6) is 11.5 Å². The van der Waals surface area contributed by atoms with Gasteiger partial charge < -0.3 is 14.6 Å². The third-order valence-electron chi connectivity index (χ3n) is 4.70. The van der Waals surface area contributed by atoms with E-state index in [1.807, 2.05) is 43.4 Å². The lowest BCUT2D eigenvalue weighted by molar-refractivity contribution is 0.0553. The SMILES string of the molecule is COc1cc2c(cc1OC)C(C(O)c1ccccc1Br)N(C)CC2. The second kappa shape index (κ2) is 7.13. The highest BCUT2D eigenvalue weighted by Gasteiger charge is 2.33. The maximum absolute atomic E-state index is 11.1. The highest BCUT2D eigenvalue weighted by Crippen LogP contribution is 2.43. The zero-order valence-electron chi connectivity index (χ0n) is 14.1. The Hall–Kier alpha value is -1.56. The quantitative estimate of drug-likeness (QED) is 0.861. The number of hydrogen-bond acceptors (Lipinski definition) is 4. The monoisotopic (exact) mass is 391 g/mol. The van der Waals surface area contributed by atoms with Crippen molar-refractivity contribution in [3.63, 3.8) is 0 Å². The summed E-state index contributed by atoms with van der Waals surface area (Å²) < 4.78 is 11.8. The molecule has 2 unspecified atom stereocenters. The first kappa shape index (κ1) is 17.3. The van der Waals surface area contributed by atoms with Crippen LogP contribution in [0.4, 0.5) is 0 Å². The number of rotatable bonds is 4. The first-order valence-electron chi connectivity index (χ1n) is 7.94. The minimum absolute atomic E-state index is 0.132. The number of aliphatic hydroxyl groups excluding tert-OH is 1.